The molecule has 17 heavy (non-hydrogen) atoms. The Labute approximate surface area is 101 Å². The van der Waals surface area contributed by atoms with E-state index in [1.807, 2.05) is 12.1 Å². The number of carbonyl (C=O) groups excluding carboxylic acids is 1. The lowest BCUT2D eigenvalue weighted by molar-refractivity contribution is -0.142. The number of ether oxygens (including phenoxy) is 1. The Morgan fingerprint density at radius 3 is 2.94 bits per heavy atom. The number of carbonyl (C=O) groups is 1. The maximum atomic E-state index is 11.2. The molecule has 1 aromatic carbocycles. The van der Waals surface area contributed by atoms with Crippen molar-refractivity contribution in [1.82, 2.24) is 0 Å². The second-order valence-electron chi connectivity index (χ2n) is 4.49. The third-order valence-electron chi connectivity index (χ3n) is 3.38. The van der Waals surface area contributed by atoms with Crippen molar-refractivity contribution < 1.29 is 14.6 Å². The molecule has 1 atom stereocenters. The van der Waals surface area contributed by atoms with Crippen molar-refractivity contribution in [3.63, 3.8) is 0 Å². The number of benzene rings is 1. The molecule has 0 radical (unpaired) electrons. The summed E-state index contributed by atoms with van der Waals surface area (Å²) in [5.74, 6) is -0.370. The number of esters is 1. The molecule has 92 valence electrons. The Bertz CT molecular complexity index is 412. The van der Waals surface area contributed by atoms with Crippen LogP contribution in [-0.2, 0) is 22.4 Å². The van der Waals surface area contributed by atoms with Crippen molar-refractivity contribution in [2.24, 2.45) is 0 Å². The van der Waals surface area contributed by atoms with Gasteiger partial charge in [-0.05, 0) is 42.4 Å². The fourth-order valence-corrected chi connectivity index (χ4v) is 2.47. The van der Waals surface area contributed by atoms with E-state index in [4.69, 9.17) is 0 Å². The Morgan fingerprint density at radius 1 is 1.41 bits per heavy atom. The van der Waals surface area contributed by atoms with Gasteiger partial charge in [-0.1, -0.05) is 18.2 Å². The van der Waals surface area contributed by atoms with E-state index in [-0.39, 0.29) is 12.4 Å². The van der Waals surface area contributed by atoms with Crippen LogP contribution in [0.2, 0.25) is 0 Å². The van der Waals surface area contributed by atoms with Gasteiger partial charge in [-0.15, -0.1) is 0 Å². The first-order valence-corrected chi connectivity index (χ1v) is 6.08. The molecule has 0 saturated carbocycles. The smallest absolute Gasteiger partial charge is 0.308 e. The normalized spacial score (nSPS) is 16.1. The number of aryl methyl sites for hydroxylation is 1. The van der Waals surface area contributed by atoms with Gasteiger partial charge in [0.1, 0.15) is 0 Å². The zero-order valence-corrected chi connectivity index (χ0v) is 10.1. The van der Waals surface area contributed by atoms with E-state index in [9.17, 15) is 9.90 Å². The van der Waals surface area contributed by atoms with Crippen molar-refractivity contribution in [1.29, 1.82) is 0 Å². The number of aliphatic hydroxyl groups excluding tert-OH is 1. The highest BCUT2D eigenvalue weighted by atomic mass is 16.5. The van der Waals surface area contributed by atoms with Crippen LogP contribution in [-0.4, -0.2) is 18.2 Å². The summed E-state index contributed by atoms with van der Waals surface area (Å²) in [6.07, 6.45) is 3.75. The summed E-state index contributed by atoms with van der Waals surface area (Å²) in [4.78, 5) is 11.2. The first-order chi connectivity index (χ1) is 8.22. The molecule has 1 N–H and O–H groups in total. The van der Waals surface area contributed by atoms with Crippen LogP contribution in [0.25, 0.3) is 0 Å². The van der Waals surface area contributed by atoms with E-state index in [0.29, 0.717) is 0 Å². The summed E-state index contributed by atoms with van der Waals surface area (Å²) in [7, 11) is 1.34. The molecular weight excluding hydrogens is 216 g/mol. The van der Waals surface area contributed by atoms with Gasteiger partial charge in [0.15, 0.2) is 0 Å². The SMILES string of the molecule is COC(=O)C[C@@H](O)c1cccc2c1CCCC2. The van der Waals surface area contributed by atoms with Crippen molar-refractivity contribution in [3.05, 3.63) is 34.9 Å². The van der Waals surface area contributed by atoms with Crippen LogP contribution < -0.4 is 0 Å². The summed E-state index contributed by atoms with van der Waals surface area (Å²) in [5, 5.41) is 10.1. The van der Waals surface area contributed by atoms with E-state index in [1.54, 1.807) is 0 Å². The highest BCUT2D eigenvalue weighted by molar-refractivity contribution is 5.70. The molecule has 0 amide bonds. The van der Waals surface area contributed by atoms with Crippen molar-refractivity contribution >= 4 is 5.97 Å². The van der Waals surface area contributed by atoms with Gasteiger partial charge in [0, 0.05) is 0 Å². The number of aliphatic hydroxyl groups is 1. The lowest BCUT2D eigenvalue weighted by Gasteiger charge is -2.21. The van der Waals surface area contributed by atoms with E-state index in [2.05, 4.69) is 10.8 Å². The first kappa shape index (κ1) is 12.1. The molecule has 0 fully saturated rings. The van der Waals surface area contributed by atoms with Crippen LogP contribution in [0.3, 0.4) is 0 Å². The Balaban J connectivity index is 2.22. The predicted octanol–water partition coefficient (Wildman–Crippen LogP) is 2.16. The van der Waals surface area contributed by atoms with Gasteiger partial charge in [-0.3, -0.25) is 4.79 Å². The summed E-state index contributed by atoms with van der Waals surface area (Å²) in [6, 6.07) is 5.99. The topological polar surface area (TPSA) is 46.5 Å². The third kappa shape index (κ3) is 2.67. The Hall–Kier alpha value is -1.35. The van der Waals surface area contributed by atoms with Gasteiger partial charge in [-0.2, -0.15) is 0 Å². The number of rotatable bonds is 3. The maximum Gasteiger partial charge on any atom is 0.308 e. The van der Waals surface area contributed by atoms with Gasteiger partial charge < -0.3 is 9.84 Å². The standard InChI is InChI=1S/C14H18O3/c1-17-14(16)9-13(15)12-8-4-6-10-5-2-3-7-11(10)12/h4,6,8,13,15H,2-3,5,7,9H2,1H3/t13-/m1/s1. The highest BCUT2D eigenvalue weighted by Crippen LogP contribution is 2.29. The van der Waals surface area contributed by atoms with Gasteiger partial charge in [0.25, 0.3) is 0 Å². The van der Waals surface area contributed by atoms with Crippen LogP contribution in [0.5, 0.6) is 0 Å². The largest absolute Gasteiger partial charge is 0.469 e. The Morgan fingerprint density at radius 2 is 2.18 bits per heavy atom. The van der Waals surface area contributed by atoms with E-state index in [0.717, 1.165) is 24.8 Å². The molecule has 0 spiro atoms. The zero-order valence-electron chi connectivity index (χ0n) is 10.1. The number of fused-ring (bicyclic) bond motifs is 1. The van der Waals surface area contributed by atoms with E-state index >= 15 is 0 Å². The second kappa shape index (κ2) is 5.32. The van der Waals surface area contributed by atoms with Gasteiger partial charge in [0.2, 0.25) is 0 Å². The lowest BCUT2D eigenvalue weighted by atomic mass is 9.86. The number of hydrogen-bond donors (Lipinski definition) is 1. The monoisotopic (exact) mass is 234 g/mol. The molecule has 1 aliphatic rings. The Kier molecular flexibility index (Phi) is 3.79. The molecule has 0 aliphatic heterocycles. The van der Waals surface area contributed by atoms with Crippen LogP contribution in [0, 0.1) is 0 Å². The molecule has 0 unspecified atom stereocenters. The minimum absolute atomic E-state index is 0.0347. The third-order valence-corrected chi connectivity index (χ3v) is 3.38. The molecule has 0 heterocycles. The molecular formula is C14H18O3. The molecule has 2 rings (SSSR count). The fourth-order valence-electron chi connectivity index (χ4n) is 2.47. The van der Waals surface area contributed by atoms with Crippen molar-refractivity contribution in [3.8, 4) is 0 Å². The molecule has 0 bridgehead atoms. The van der Waals surface area contributed by atoms with Crippen LogP contribution in [0.1, 0.15) is 42.1 Å². The molecule has 0 aromatic heterocycles. The average Bonchev–Trinajstić information content (AvgIpc) is 2.37. The van der Waals surface area contributed by atoms with Crippen molar-refractivity contribution in [2.75, 3.05) is 7.11 Å². The van der Waals surface area contributed by atoms with E-state index in [1.165, 1.54) is 24.7 Å². The first-order valence-electron chi connectivity index (χ1n) is 6.08. The van der Waals surface area contributed by atoms with Gasteiger partial charge in [-0.25, -0.2) is 0 Å². The molecule has 1 aliphatic carbocycles. The number of methoxy groups -OCH3 is 1. The molecule has 3 nitrogen and oxygen atoms in total. The minimum Gasteiger partial charge on any atom is -0.469 e. The molecule has 3 heteroatoms. The van der Waals surface area contributed by atoms with Gasteiger partial charge in [0.05, 0.1) is 19.6 Å². The summed E-state index contributed by atoms with van der Waals surface area (Å²) in [5.41, 5.74) is 3.44. The summed E-state index contributed by atoms with van der Waals surface area (Å²) < 4.78 is 4.59. The second-order valence-corrected chi connectivity index (χ2v) is 4.49. The molecule has 1 aromatic rings. The molecule has 0 saturated heterocycles. The van der Waals surface area contributed by atoms with Gasteiger partial charge >= 0.3 is 5.97 Å². The van der Waals surface area contributed by atoms with Crippen LogP contribution in [0.4, 0.5) is 0 Å². The van der Waals surface area contributed by atoms with Crippen molar-refractivity contribution in [2.45, 2.75) is 38.2 Å². The van der Waals surface area contributed by atoms with Crippen LogP contribution in [0.15, 0.2) is 18.2 Å². The fraction of sp³-hybridized carbons (Fsp3) is 0.500. The average molecular weight is 234 g/mol. The van der Waals surface area contributed by atoms with E-state index < -0.39 is 6.10 Å². The zero-order chi connectivity index (χ0) is 12.3. The summed E-state index contributed by atoms with van der Waals surface area (Å²) in [6.45, 7) is 0. The maximum absolute atomic E-state index is 11.2. The highest BCUT2D eigenvalue weighted by Gasteiger charge is 2.20. The minimum atomic E-state index is -0.740. The van der Waals surface area contributed by atoms with Crippen LogP contribution >= 0.6 is 0 Å². The number of hydrogen-bond acceptors (Lipinski definition) is 3. The predicted molar refractivity (Wildman–Crippen MR) is 64.7 cm³/mol. The summed E-state index contributed by atoms with van der Waals surface area (Å²) >= 11 is 0. The quantitative estimate of drug-likeness (QED) is 0.815. The lowest BCUT2D eigenvalue weighted by Crippen LogP contribution is -2.13.